The number of hydrogen-bond donors (Lipinski definition) is 1. The summed E-state index contributed by atoms with van der Waals surface area (Å²) in [6.07, 6.45) is 0. The molecule has 1 heterocycles. The van der Waals surface area contributed by atoms with Crippen LogP contribution in [0.4, 0.5) is 14.9 Å². The predicted octanol–water partition coefficient (Wildman–Crippen LogP) is 3.90. The van der Waals surface area contributed by atoms with Gasteiger partial charge in [0.1, 0.15) is 10.8 Å². The van der Waals surface area contributed by atoms with Gasteiger partial charge in [-0.1, -0.05) is 6.07 Å². The van der Waals surface area contributed by atoms with Crippen LogP contribution in [0.25, 0.3) is 0 Å². The molecule has 0 aliphatic heterocycles. The van der Waals surface area contributed by atoms with E-state index in [1.165, 1.54) is 36.6 Å². The second-order valence-corrected chi connectivity index (χ2v) is 7.26. The first-order chi connectivity index (χ1) is 11.7. The Kier molecular flexibility index (Phi) is 5.73. The number of hydrogen-bond acceptors (Lipinski definition) is 5. The molecule has 2 amide bonds. The molecule has 0 unspecified atom stereocenters. The van der Waals surface area contributed by atoms with Crippen LogP contribution >= 0.6 is 11.3 Å². The number of nitrogens with one attached hydrogen (secondary N) is 1. The maximum atomic E-state index is 13.3. The highest BCUT2D eigenvalue weighted by Crippen LogP contribution is 2.22. The Balaban J connectivity index is 2.17. The van der Waals surface area contributed by atoms with E-state index in [4.69, 9.17) is 0 Å². The number of carbonyl (C=O) groups excluding carboxylic acids is 2. The van der Waals surface area contributed by atoms with E-state index >= 15 is 0 Å². The fourth-order valence-electron chi connectivity index (χ4n) is 2.09. The van der Waals surface area contributed by atoms with Gasteiger partial charge in [-0.15, -0.1) is 11.3 Å². The number of amides is 2. The molecule has 6 nitrogen and oxygen atoms in total. The summed E-state index contributed by atoms with van der Waals surface area (Å²) < 4.78 is 17.9. The van der Waals surface area contributed by atoms with Crippen molar-refractivity contribution in [2.24, 2.45) is 0 Å². The zero-order valence-corrected chi connectivity index (χ0v) is 15.3. The lowest BCUT2D eigenvalue weighted by molar-refractivity contribution is 0.0594. The van der Waals surface area contributed by atoms with Crippen LogP contribution in [-0.2, 0) is 11.3 Å². The van der Waals surface area contributed by atoms with Crippen molar-refractivity contribution < 1.29 is 18.7 Å². The average molecular weight is 365 g/mol. The number of rotatable bonds is 4. The van der Waals surface area contributed by atoms with E-state index < -0.39 is 17.3 Å². The summed E-state index contributed by atoms with van der Waals surface area (Å²) in [5, 5.41) is 4.87. The van der Waals surface area contributed by atoms with Crippen LogP contribution in [0.2, 0.25) is 0 Å². The summed E-state index contributed by atoms with van der Waals surface area (Å²) in [5.74, 6) is -0.947. The largest absolute Gasteiger partial charge is 0.464 e. The molecule has 0 aliphatic rings. The molecule has 0 aliphatic carbocycles. The molecule has 2 rings (SSSR count). The molecule has 0 saturated carbocycles. The first-order valence-corrected chi connectivity index (χ1v) is 8.45. The number of esters is 1. The normalized spacial score (nSPS) is 11.1. The Morgan fingerprint density at radius 2 is 2.08 bits per heavy atom. The van der Waals surface area contributed by atoms with E-state index in [-0.39, 0.29) is 18.3 Å². The van der Waals surface area contributed by atoms with Gasteiger partial charge >= 0.3 is 12.0 Å². The van der Waals surface area contributed by atoms with Gasteiger partial charge < -0.3 is 15.0 Å². The third-order valence-corrected chi connectivity index (χ3v) is 4.20. The highest BCUT2D eigenvalue weighted by atomic mass is 32.1. The minimum absolute atomic E-state index is 0.210. The van der Waals surface area contributed by atoms with Crippen molar-refractivity contribution in [2.45, 2.75) is 32.9 Å². The van der Waals surface area contributed by atoms with E-state index in [9.17, 15) is 14.0 Å². The summed E-state index contributed by atoms with van der Waals surface area (Å²) in [6, 6.07) is 5.31. The van der Waals surface area contributed by atoms with Gasteiger partial charge in [-0.25, -0.2) is 19.0 Å². The summed E-state index contributed by atoms with van der Waals surface area (Å²) in [6.45, 7) is 5.86. The van der Waals surface area contributed by atoms with Crippen LogP contribution in [0.3, 0.4) is 0 Å². The Morgan fingerprint density at radius 3 is 2.68 bits per heavy atom. The molecule has 1 N–H and O–H groups in total. The molecule has 1 aromatic heterocycles. The van der Waals surface area contributed by atoms with Crippen LogP contribution < -0.4 is 5.32 Å². The third-order valence-electron chi connectivity index (χ3n) is 3.37. The monoisotopic (exact) mass is 365 g/mol. The number of carbonyl (C=O) groups is 2. The van der Waals surface area contributed by atoms with Gasteiger partial charge in [0.05, 0.1) is 13.7 Å². The second kappa shape index (κ2) is 7.60. The van der Waals surface area contributed by atoms with Gasteiger partial charge in [0.15, 0.2) is 5.69 Å². The van der Waals surface area contributed by atoms with Gasteiger partial charge in [0.2, 0.25) is 0 Å². The SMILES string of the molecule is COC(=O)c1csc(CN(C(=O)Nc2cccc(F)c2)C(C)(C)C)n1. The summed E-state index contributed by atoms with van der Waals surface area (Å²) >= 11 is 1.27. The van der Waals surface area contributed by atoms with Crippen molar-refractivity contribution in [1.82, 2.24) is 9.88 Å². The predicted molar refractivity (Wildman–Crippen MR) is 94.2 cm³/mol. The molecule has 0 bridgehead atoms. The number of nitrogens with zero attached hydrogens (tertiary/aromatic N) is 2. The van der Waals surface area contributed by atoms with Gasteiger partial charge in [-0.3, -0.25) is 0 Å². The molecular formula is C17H20FN3O3S. The molecule has 2 aromatic rings. The Morgan fingerprint density at radius 1 is 1.36 bits per heavy atom. The molecular weight excluding hydrogens is 345 g/mol. The second-order valence-electron chi connectivity index (χ2n) is 6.32. The molecule has 25 heavy (non-hydrogen) atoms. The van der Waals surface area contributed by atoms with Crippen molar-refractivity contribution in [3.8, 4) is 0 Å². The highest BCUT2D eigenvalue weighted by Gasteiger charge is 2.28. The molecule has 134 valence electrons. The van der Waals surface area contributed by atoms with E-state index in [0.717, 1.165) is 0 Å². The summed E-state index contributed by atoms with van der Waals surface area (Å²) in [5.41, 5.74) is 0.0738. The zero-order valence-electron chi connectivity index (χ0n) is 14.5. The number of benzene rings is 1. The number of anilines is 1. The number of urea groups is 1. The Labute approximate surface area is 149 Å². The smallest absolute Gasteiger partial charge is 0.357 e. The maximum absolute atomic E-state index is 13.3. The van der Waals surface area contributed by atoms with E-state index in [2.05, 4.69) is 15.0 Å². The Bertz CT molecular complexity index is 770. The first kappa shape index (κ1) is 18.9. The van der Waals surface area contributed by atoms with E-state index in [1.807, 2.05) is 20.8 Å². The molecule has 0 spiro atoms. The van der Waals surface area contributed by atoms with Crippen LogP contribution in [0.5, 0.6) is 0 Å². The molecule has 0 saturated heterocycles. The van der Waals surface area contributed by atoms with Gasteiger partial charge in [-0.05, 0) is 39.0 Å². The standard InChI is InChI=1S/C17H20FN3O3S/c1-17(2,3)21(9-14-20-13(10-25-14)15(22)24-4)16(23)19-12-7-5-6-11(18)8-12/h5-8,10H,9H2,1-4H3,(H,19,23). The third kappa shape index (κ3) is 4.99. The van der Waals surface area contributed by atoms with Crippen molar-refractivity contribution in [3.63, 3.8) is 0 Å². The number of halogens is 1. The van der Waals surface area contributed by atoms with Gasteiger partial charge in [0, 0.05) is 16.6 Å². The minimum Gasteiger partial charge on any atom is -0.464 e. The summed E-state index contributed by atoms with van der Waals surface area (Å²) in [7, 11) is 1.29. The van der Waals surface area contributed by atoms with E-state index in [0.29, 0.717) is 10.7 Å². The molecule has 0 radical (unpaired) electrons. The van der Waals surface area contributed by atoms with Crippen LogP contribution in [-0.4, -0.2) is 34.5 Å². The van der Waals surface area contributed by atoms with Gasteiger partial charge in [0.25, 0.3) is 0 Å². The van der Waals surface area contributed by atoms with Crippen molar-refractivity contribution in [3.05, 3.63) is 46.2 Å². The lowest BCUT2D eigenvalue weighted by Gasteiger charge is -2.35. The minimum atomic E-state index is -0.519. The lowest BCUT2D eigenvalue weighted by atomic mass is 10.1. The lowest BCUT2D eigenvalue weighted by Crippen LogP contribution is -2.47. The molecule has 0 fully saturated rings. The van der Waals surface area contributed by atoms with Crippen LogP contribution in [0.1, 0.15) is 36.3 Å². The van der Waals surface area contributed by atoms with Gasteiger partial charge in [-0.2, -0.15) is 0 Å². The molecule has 0 atom stereocenters. The summed E-state index contributed by atoms with van der Waals surface area (Å²) in [4.78, 5) is 29.9. The molecule has 8 heteroatoms. The average Bonchev–Trinajstić information content (AvgIpc) is 2.99. The van der Waals surface area contributed by atoms with Crippen molar-refractivity contribution in [1.29, 1.82) is 0 Å². The highest BCUT2D eigenvalue weighted by molar-refractivity contribution is 7.09. The zero-order chi connectivity index (χ0) is 18.6. The topological polar surface area (TPSA) is 71.5 Å². The van der Waals surface area contributed by atoms with Crippen molar-refractivity contribution in [2.75, 3.05) is 12.4 Å². The number of thiazole rings is 1. The quantitative estimate of drug-likeness (QED) is 0.834. The first-order valence-electron chi connectivity index (χ1n) is 7.57. The van der Waals surface area contributed by atoms with Crippen molar-refractivity contribution >= 4 is 29.0 Å². The number of methoxy groups -OCH3 is 1. The Hall–Kier alpha value is -2.48. The van der Waals surface area contributed by atoms with E-state index in [1.54, 1.807) is 16.3 Å². The molecule has 1 aromatic carbocycles. The fourth-order valence-corrected chi connectivity index (χ4v) is 2.84. The van der Waals surface area contributed by atoms with Crippen LogP contribution in [0.15, 0.2) is 29.6 Å². The number of ether oxygens (including phenoxy) is 1. The van der Waals surface area contributed by atoms with Crippen LogP contribution in [0, 0.1) is 5.82 Å². The number of aromatic nitrogens is 1. The fraction of sp³-hybridized carbons (Fsp3) is 0.353. The maximum Gasteiger partial charge on any atom is 0.357 e.